The molecule has 2 aromatic heterocycles. The minimum absolute atomic E-state index is 0.184. The summed E-state index contributed by atoms with van der Waals surface area (Å²) in [6.07, 6.45) is 2.01. The van der Waals surface area contributed by atoms with Crippen molar-refractivity contribution in [1.29, 1.82) is 0 Å². The third-order valence-electron chi connectivity index (χ3n) is 5.12. The first-order valence-electron chi connectivity index (χ1n) is 10.1. The van der Waals surface area contributed by atoms with Gasteiger partial charge >= 0.3 is 5.69 Å². The van der Waals surface area contributed by atoms with Gasteiger partial charge in [0.2, 0.25) is 5.91 Å². The molecule has 1 N–H and O–H groups in total. The van der Waals surface area contributed by atoms with Crippen molar-refractivity contribution in [3.8, 4) is 5.75 Å². The number of anilines is 1. The van der Waals surface area contributed by atoms with Gasteiger partial charge in [0.05, 0.1) is 12.5 Å². The highest BCUT2D eigenvalue weighted by molar-refractivity contribution is 5.91. The van der Waals surface area contributed by atoms with E-state index >= 15 is 0 Å². The van der Waals surface area contributed by atoms with E-state index in [9.17, 15) is 14.4 Å². The molecule has 1 amide bonds. The Morgan fingerprint density at radius 3 is 2.44 bits per heavy atom. The lowest BCUT2D eigenvalue weighted by Gasteiger charge is -2.13. The molecule has 162 valence electrons. The highest BCUT2D eigenvalue weighted by atomic mass is 16.5. The third kappa shape index (κ3) is 4.44. The number of pyridine rings is 1. The van der Waals surface area contributed by atoms with Crippen LogP contribution in [0.2, 0.25) is 0 Å². The van der Waals surface area contributed by atoms with Crippen LogP contribution in [0.4, 0.5) is 5.69 Å². The van der Waals surface area contributed by atoms with Crippen LogP contribution in [0, 0.1) is 0 Å². The van der Waals surface area contributed by atoms with E-state index in [2.05, 4.69) is 10.3 Å². The molecule has 32 heavy (non-hydrogen) atoms. The Bertz CT molecular complexity index is 1360. The van der Waals surface area contributed by atoms with Crippen LogP contribution in [0.3, 0.4) is 0 Å². The van der Waals surface area contributed by atoms with E-state index in [4.69, 9.17) is 4.74 Å². The average molecular weight is 430 g/mol. The topological polar surface area (TPSA) is 95.2 Å². The zero-order valence-corrected chi connectivity index (χ0v) is 17.5. The van der Waals surface area contributed by atoms with Crippen LogP contribution in [-0.2, 0) is 24.3 Å². The summed E-state index contributed by atoms with van der Waals surface area (Å²) in [5.74, 6) is 0.261. The molecule has 0 atom stereocenters. The quantitative estimate of drug-likeness (QED) is 0.486. The van der Waals surface area contributed by atoms with Gasteiger partial charge in [0.25, 0.3) is 5.56 Å². The number of aromatic nitrogens is 3. The van der Waals surface area contributed by atoms with E-state index in [-0.39, 0.29) is 24.1 Å². The molecule has 2 aromatic carbocycles. The number of aryl methyl sites for hydroxylation is 1. The van der Waals surface area contributed by atoms with Gasteiger partial charge in [-0.15, -0.1) is 0 Å². The number of rotatable bonds is 7. The second-order valence-corrected chi connectivity index (χ2v) is 7.21. The lowest BCUT2D eigenvalue weighted by Crippen LogP contribution is -2.42. The normalized spacial score (nSPS) is 10.8. The summed E-state index contributed by atoms with van der Waals surface area (Å²) in [6, 6.07) is 19.7. The van der Waals surface area contributed by atoms with E-state index in [0.717, 1.165) is 10.1 Å². The number of nitrogens with one attached hydrogen (secondary N) is 1. The van der Waals surface area contributed by atoms with Crippen LogP contribution in [0.15, 0.2) is 82.5 Å². The lowest BCUT2D eigenvalue weighted by molar-refractivity contribution is -0.116. The van der Waals surface area contributed by atoms with Crippen LogP contribution in [0.1, 0.15) is 5.56 Å². The molecule has 4 rings (SSSR count). The number of hydrogen-bond acceptors (Lipinski definition) is 5. The molecule has 0 saturated carbocycles. The van der Waals surface area contributed by atoms with Crippen LogP contribution >= 0.6 is 0 Å². The first kappa shape index (κ1) is 21.0. The minimum Gasteiger partial charge on any atom is -0.497 e. The fraction of sp³-hybridized carbons (Fsp3) is 0.167. The highest BCUT2D eigenvalue weighted by Gasteiger charge is 2.16. The van der Waals surface area contributed by atoms with Crippen molar-refractivity contribution >= 4 is 22.6 Å². The van der Waals surface area contributed by atoms with Gasteiger partial charge < -0.3 is 10.1 Å². The predicted octanol–water partition coefficient (Wildman–Crippen LogP) is 2.45. The second-order valence-electron chi connectivity index (χ2n) is 7.21. The summed E-state index contributed by atoms with van der Waals surface area (Å²) in [5, 5.41) is 3.05. The van der Waals surface area contributed by atoms with E-state index in [0.29, 0.717) is 17.9 Å². The van der Waals surface area contributed by atoms with Crippen molar-refractivity contribution in [3.05, 3.63) is 99.3 Å². The smallest absolute Gasteiger partial charge is 0.333 e. The SMILES string of the molecule is COc1ccc(NC(=O)Cn2c(=O)n(CCc3ccccc3)c(=O)c3cccnc32)cc1. The molecule has 0 spiro atoms. The molecule has 8 nitrogen and oxygen atoms in total. The van der Waals surface area contributed by atoms with Crippen LogP contribution < -0.4 is 21.3 Å². The molecule has 0 aliphatic carbocycles. The minimum atomic E-state index is -0.568. The number of hydrogen-bond donors (Lipinski definition) is 1. The summed E-state index contributed by atoms with van der Waals surface area (Å²) in [4.78, 5) is 43.0. The molecule has 0 aliphatic heterocycles. The molecule has 8 heteroatoms. The second kappa shape index (κ2) is 9.30. The lowest BCUT2D eigenvalue weighted by atomic mass is 10.1. The molecule has 2 heterocycles. The summed E-state index contributed by atoms with van der Waals surface area (Å²) in [5.41, 5.74) is 0.776. The van der Waals surface area contributed by atoms with Gasteiger partial charge in [-0.1, -0.05) is 30.3 Å². The van der Waals surface area contributed by atoms with Crippen molar-refractivity contribution < 1.29 is 9.53 Å². The Morgan fingerprint density at radius 1 is 0.969 bits per heavy atom. The zero-order chi connectivity index (χ0) is 22.5. The van der Waals surface area contributed by atoms with Crippen molar-refractivity contribution in [2.24, 2.45) is 0 Å². The Hall–Kier alpha value is -4.20. The largest absolute Gasteiger partial charge is 0.497 e. The van der Waals surface area contributed by atoms with Gasteiger partial charge in [-0.3, -0.25) is 18.7 Å². The number of nitrogens with zero attached hydrogens (tertiary/aromatic N) is 3. The number of fused-ring (bicyclic) bond motifs is 1. The van der Waals surface area contributed by atoms with Gasteiger partial charge in [-0.25, -0.2) is 9.78 Å². The van der Waals surface area contributed by atoms with Crippen molar-refractivity contribution in [2.75, 3.05) is 12.4 Å². The van der Waals surface area contributed by atoms with E-state index in [1.165, 1.54) is 10.8 Å². The maximum atomic E-state index is 13.2. The number of carbonyl (C=O) groups excluding carboxylic acids is 1. The van der Waals surface area contributed by atoms with Crippen LogP contribution in [-0.4, -0.2) is 27.1 Å². The number of amides is 1. The molecular weight excluding hydrogens is 408 g/mol. The van der Waals surface area contributed by atoms with Crippen LogP contribution in [0.25, 0.3) is 11.0 Å². The predicted molar refractivity (Wildman–Crippen MR) is 122 cm³/mol. The third-order valence-corrected chi connectivity index (χ3v) is 5.12. The first-order chi connectivity index (χ1) is 15.6. The van der Waals surface area contributed by atoms with Crippen molar-refractivity contribution in [2.45, 2.75) is 19.5 Å². The monoisotopic (exact) mass is 430 g/mol. The fourth-order valence-corrected chi connectivity index (χ4v) is 3.49. The Morgan fingerprint density at radius 2 is 1.72 bits per heavy atom. The van der Waals surface area contributed by atoms with Gasteiger partial charge in [-0.2, -0.15) is 0 Å². The van der Waals surface area contributed by atoms with Crippen molar-refractivity contribution in [3.63, 3.8) is 0 Å². The first-order valence-corrected chi connectivity index (χ1v) is 10.1. The maximum absolute atomic E-state index is 13.2. The fourth-order valence-electron chi connectivity index (χ4n) is 3.49. The van der Waals surface area contributed by atoms with E-state index < -0.39 is 17.2 Å². The molecule has 0 aliphatic rings. The van der Waals surface area contributed by atoms with Gasteiger partial charge in [0, 0.05) is 18.4 Å². The Labute approximate surface area is 183 Å². The van der Waals surface area contributed by atoms with Gasteiger partial charge in [0.15, 0.2) is 0 Å². The average Bonchev–Trinajstić information content (AvgIpc) is 2.83. The molecule has 0 bridgehead atoms. The van der Waals surface area contributed by atoms with Crippen molar-refractivity contribution in [1.82, 2.24) is 14.1 Å². The Balaban J connectivity index is 1.65. The number of methoxy groups -OCH3 is 1. The number of ether oxygens (including phenoxy) is 1. The molecule has 0 saturated heterocycles. The van der Waals surface area contributed by atoms with Crippen LogP contribution in [0.5, 0.6) is 5.75 Å². The molecule has 0 unspecified atom stereocenters. The van der Waals surface area contributed by atoms with Gasteiger partial charge in [-0.05, 0) is 48.4 Å². The highest BCUT2D eigenvalue weighted by Crippen LogP contribution is 2.15. The standard InChI is InChI=1S/C24H22N4O4/c1-32-19-11-9-18(10-12-19)26-21(29)16-28-22-20(8-5-14-25-22)23(30)27(24(28)31)15-13-17-6-3-2-4-7-17/h2-12,14H,13,15-16H2,1H3,(H,26,29). The maximum Gasteiger partial charge on any atom is 0.333 e. The molecule has 0 fully saturated rings. The summed E-state index contributed by atoms with van der Waals surface area (Å²) >= 11 is 0. The molecular formula is C24H22N4O4. The summed E-state index contributed by atoms with van der Waals surface area (Å²) < 4.78 is 7.52. The van der Waals surface area contributed by atoms with Gasteiger partial charge in [0.1, 0.15) is 17.9 Å². The Kier molecular flexibility index (Phi) is 6.12. The van der Waals surface area contributed by atoms with E-state index in [1.807, 2.05) is 30.3 Å². The molecule has 4 aromatic rings. The zero-order valence-electron chi connectivity index (χ0n) is 17.5. The summed E-state index contributed by atoms with van der Waals surface area (Å²) in [6.45, 7) is -0.0728. The number of benzene rings is 2. The van der Waals surface area contributed by atoms with E-state index in [1.54, 1.807) is 43.5 Å². The molecule has 0 radical (unpaired) electrons. The summed E-state index contributed by atoms with van der Waals surface area (Å²) in [7, 11) is 1.56. The number of carbonyl (C=O) groups is 1.